The van der Waals surface area contributed by atoms with Crippen LogP contribution in [0.1, 0.15) is 29.3 Å². The minimum absolute atomic E-state index is 0.0763. The van der Waals surface area contributed by atoms with E-state index < -0.39 is 0 Å². The topological polar surface area (TPSA) is 20.3 Å². The quantitative estimate of drug-likeness (QED) is 0.734. The molecule has 1 aromatic rings. The van der Waals surface area contributed by atoms with E-state index in [9.17, 15) is 4.79 Å². The predicted octanol–water partition coefficient (Wildman–Crippen LogP) is 2.71. The van der Waals surface area contributed by atoms with Crippen molar-refractivity contribution < 1.29 is 4.79 Å². The van der Waals surface area contributed by atoms with E-state index in [0.29, 0.717) is 17.1 Å². The number of carbonyl (C=O) groups excluding carboxylic acids is 1. The lowest BCUT2D eigenvalue weighted by molar-refractivity contribution is 0.0778. The van der Waals surface area contributed by atoms with Crippen molar-refractivity contribution in [2.24, 2.45) is 0 Å². The molecule has 0 aromatic heterocycles. The monoisotopic (exact) mass is 209 g/mol. The van der Waals surface area contributed by atoms with Gasteiger partial charge in [0.15, 0.2) is 0 Å². The average Bonchev–Trinajstić information content (AvgIpc) is 2.46. The zero-order valence-corrected chi connectivity index (χ0v) is 8.84. The van der Waals surface area contributed by atoms with Gasteiger partial charge in [0, 0.05) is 13.1 Å². The van der Waals surface area contributed by atoms with Gasteiger partial charge < -0.3 is 4.90 Å². The van der Waals surface area contributed by atoms with Gasteiger partial charge in [0.25, 0.3) is 5.91 Å². The molecule has 2 nitrogen and oxygen atoms in total. The van der Waals surface area contributed by atoms with Gasteiger partial charge in [-0.1, -0.05) is 30.7 Å². The van der Waals surface area contributed by atoms with Crippen molar-refractivity contribution in [2.45, 2.75) is 19.9 Å². The number of hydrogen-bond acceptors (Lipinski definition) is 1. The molecule has 1 heterocycles. The van der Waals surface area contributed by atoms with Crippen LogP contribution in [-0.4, -0.2) is 17.4 Å². The van der Waals surface area contributed by atoms with E-state index in [4.69, 9.17) is 11.6 Å². The van der Waals surface area contributed by atoms with Gasteiger partial charge in [-0.05, 0) is 18.1 Å². The van der Waals surface area contributed by atoms with Crippen LogP contribution >= 0.6 is 11.6 Å². The van der Waals surface area contributed by atoms with E-state index in [0.717, 1.165) is 18.5 Å². The largest absolute Gasteiger partial charge is 0.334 e. The fraction of sp³-hybridized carbons (Fsp3) is 0.364. The van der Waals surface area contributed by atoms with Gasteiger partial charge in [0.2, 0.25) is 0 Å². The molecule has 0 saturated heterocycles. The first-order valence-corrected chi connectivity index (χ1v) is 5.18. The highest BCUT2D eigenvalue weighted by atomic mass is 35.5. The minimum atomic E-state index is 0.0763. The number of nitrogens with zero attached hydrogens (tertiary/aromatic N) is 1. The van der Waals surface area contributed by atoms with Crippen LogP contribution in [0.3, 0.4) is 0 Å². The Morgan fingerprint density at radius 1 is 1.50 bits per heavy atom. The van der Waals surface area contributed by atoms with Gasteiger partial charge in [-0.3, -0.25) is 4.79 Å². The lowest BCUT2D eigenvalue weighted by Gasteiger charge is -2.13. The fourth-order valence-electron chi connectivity index (χ4n) is 1.83. The fourth-order valence-corrected chi connectivity index (χ4v) is 2.10. The van der Waals surface area contributed by atoms with E-state index >= 15 is 0 Å². The van der Waals surface area contributed by atoms with E-state index in [1.165, 1.54) is 0 Å². The molecule has 14 heavy (non-hydrogen) atoms. The maximum absolute atomic E-state index is 11.8. The highest BCUT2D eigenvalue weighted by molar-refractivity contribution is 6.34. The lowest BCUT2D eigenvalue weighted by atomic mass is 10.1. The van der Waals surface area contributed by atoms with Crippen molar-refractivity contribution in [1.82, 2.24) is 4.90 Å². The van der Waals surface area contributed by atoms with Crippen LogP contribution in [0.25, 0.3) is 0 Å². The number of hydrogen-bond donors (Lipinski definition) is 0. The van der Waals surface area contributed by atoms with Crippen molar-refractivity contribution in [3.05, 3.63) is 34.3 Å². The molecule has 0 saturated carbocycles. The molecule has 1 aliphatic heterocycles. The molecule has 1 aromatic carbocycles. The van der Waals surface area contributed by atoms with Crippen LogP contribution in [0.2, 0.25) is 5.02 Å². The van der Waals surface area contributed by atoms with E-state index in [1.807, 2.05) is 17.0 Å². The third kappa shape index (κ3) is 1.40. The molecular formula is C11H12ClNO. The Bertz CT molecular complexity index is 376. The highest BCUT2D eigenvalue weighted by Crippen LogP contribution is 2.28. The Morgan fingerprint density at radius 3 is 2.93 bits per heavy atom. The van der Waals surface area contributed by atoms with E-state index in [1.54, 1.807) is 6.07 Å². The van der Waals surface area contributed by atoms with Gasteiger partial charge in [-0.25, -0.2) is 0 Å². The smallest absolute Gasteiger partial charge is 0.256 e. The molecule has 1 amide bonds. The molecule has 0 N–H and O–H groups in total. The summed E-state index contributed by atoms with van der Waals surface area (Å²) in [6.45, 7) is 3.59. The molecule has 0 radical (unpaired) electrons. The first-order chi connectivity index (χ1) is 6.74. The molecule has 3 heteroatoms. The van der Waals surface area contributed by atoms with Crippen LogP contribution in [0, 0.1) is 0 Å². The zero-order chi connectivity index (χ0) is 10.1. The maximum Gasteiger partial charge on any atom is 0.256 e. The standard InChI is InChI=1S/C11H12ClNO/c1-2-6-13-7-8-4-3-5-9(12)10(8)11(13)14/h3-5H,2,6-7H2,1H3. The Kier molecular flexibility index (Phi) is 2.46. The van der Waals surface area contributed by atoms with Gasteiger partial charge in [-0.15, -0.1) is 0 Å². The first-order valence-electron chi connectivity index (χ1n) is 4.80. The number of halogens is 1. The summed E-state index contributed by atoms with van der Waals surface area (Å²) in [4.78, 5) is 13.7. The molecule has 2 rings (SSSR count). The summed E-state index contributed by atoms with van der Waals surface area (Å²) < 4.78 is 0. The molecule has 0 fully saturated rings. The first kappa shape index (κ1) is 9.53. The number of benzene rings is 1. The number of carbonyl (C=O) groups is 1. The van der Waals surface area contributed by atoms with Crippen molar-refractivity contribution in [1.29, 1.82) is 0 Å². The van der Waals surface area contributed by atoms with Gasteiger partial charge in [0.05, 0.1) is 10.6 Å². The number of rotatable bonds is 2. The predicted molar refractivity (Wildman–Crippen MR) is 56.5 cm³/mol. The Hall–Kier alpha value is -1.02. The summed E-state index contributed by atoms with van der Waals surface area (Å²) in [5.41, 5.74) is 1.75. The minimum Gasteiger partial charge on any atom is -0.334 e. The summed E-state index contributed by atoms with van der Waals surface area (Å²) in [6, 6.07) is 5.63. The Labute approximate surface area is 88.5 Å². The van der Waals surface area contributed by atoms with Gasteiger partial charge in [-0.2, -0.15) is 0 Å². The van der Waals surface area contributed by atoms with Crippen LogP contribution in [-0.2, 0) is 6.54 Å². The van der Waals surface area contributed by atoms with Crippen LogP contribution in [0.15, 0.2) is 18.2 Å². The second-order valence-electron chi connectivity index (χ2n) is 3.50. The molecular weight excluding hydrogens is 198 g/mol. The molecule has 0 spiro atoms. The summed E-state index contributed by atoms with van der Waals surface area (Å²) in [7, 11) is 0. The highest BCUT2D eigenvalue weighted by Gasteiger charge is 2.28. The molecule has 0 atom stereocenters. The second-order valence-corrected chi connectivity index (χ2v) is 3.91. The molecule has 74 valence electrons. The summed E-state index contributed by atoms with van der Waals surface area (Å²) in [6.07, 6.45) is 0.983. The van der Waals surface area contributed by atoms with E-state index in [2.05, 4.69) is 6.92 Å². The molecule has 1 aliphatic rings. The summed E-state index contributed by atoms with van der Waals surface area (Å²) in [5, 5.41) is 0.575. The molecule has 0 aliphatic carbocycles. The SMILES string of the molecule is CCCN1Cc2cccc(Cl)c2C1=O. The third-order valence-corrected chi connectivity index (χ3v) is 2.77. The van der Waals surface area contributed by atoms with E-state index in [-0.39, 0.29) is 5.91 Å². The Balaban J connectivity index is 2.36. The van der Waals surface area contributed by atoms with Gasteiger partial charge >= 0.3 is 0 Å². The van der Waals surface area contributed by atoms with Crippen molar-refractivity contribution in [2.75, 3.05) is 6.54 Å². The van der Waals surface area contributed by atoms with Crippen LogP contribution in [0.4, 0.5) is 0 Å². The molecule has 0 unspecified atom stereocenters. The average molecular weight is 210 g/mol. The lowest BCUT2D eigenvalue weighted by Crippen LogP contribution is -2.24. The Morgan fingerprint density at radius 2 is 2.29 bits per heavy atom. The number of amides is 1. The summed E-state index contributed by atoms with van der Waals surface area (Å²) >= 11 is 5.98. The normalized spacial score (nSPS) is 14.7. The zero-order valence-electron chi connectivity index (χ0n) is 8.09. The van der Waals surface area contributed by atoms with Crippen molar-refractivity contribution >= 4 is 17.5 Å². The van der Waals surface area contributed by atoms with Crippen LogP contribution < -0.4 is 0 Å². The second kappa shape index (κ2) is 3.62. The van der Waals surface area contributed by atoms with Crippen LogP contribution in [0.5, 0.6) is 0 Å². The maximum atomic E-state index is 11.8. The van der Waals surface area contributed by atoms with Crippen molar-refractivity contribution in [3.63, 3.8) is 0 Å². The van der Waals surface area contributed by atoms with Gasteiger partial charge in [0.1, 0.15) is 0 Å². The third-order valence-electron chi connectivity index (χ3n) is 2.46. The molecule has 0 bridgehead atoms. The summed E-state index contributed by atoms with van der Waals surface area (Å²) in [5.74, 6) is 0.0763. The number of fused-ring (bicyclic) bond motifs is 1. The van der Waals surface area contributed by atoms with Crippen molar-refractivity contribution in [3.8, 4) is 0 Å².